The average molecular weight is 422 g/mol. The summed E-state index contributed by atoms with van der Waals surface area (Å²) in [6, 6.07) is 9.99. The van der Waals surface area contributed by atoms with E-state index in [1.807, 2.05) is 54.6 Å². The molecule has 1 N–H and O–H groups in total. The molecule has 0 atom stereocenters. The van der Waals surface area contributed by atoms with Gasteiger partial charge in [-0.1, -0.05) is 12.1 Å². The molecule has 0 spiro atoms. The third-order valence-electron chi connectivity index (χ3n) is 5.47. The van der Waals surface area contributed by atoms with Crippen molar-refractivity contribution in [3.05, 3.63) is 47.2 Å². The van der Waals surface area contributed by atoms with Gasteiger partial charge in [0.2, 0.25) is 5.91 Å². The van der Waals surface area contributed by atoms with Gasteiger partial charge in [0.05, 0.1) is 22.2 Å². The number of carbonyl (C=O) groups excluding carboxylic acids is 1. The fourth-order valence-corrected chi connectivity index (χ4v) is 4.76. The molecule has 1 aromatic carbocycles. The first-order valence-corrected chi connectivity index (χ1v) is 10.9. The fourth-order valence-electron chi connectivity index (χ4n) is 3.91. The summed E-state index contributed by atoms with van der Waals surface area (Å²) in [4.78, 5) is 29.6. The first-order chi connectivity index (χ1) is 14.6. The van der Waals surface area contributed by atoms with Gasteiger partial charge >= 0.3 is 0 Å². The highest BCUT2D eigenvalue weighted by Gasteiger charge is 2.25. The molecule has 1 amide bonds. The minimum atomic E-state index is 0.114. The first kappa shape index (κ1) is 18.8. The lowest BCUT2D eigenvalue weighted by Gasteiger charge is -2.35. The number of rotatable bonds is 4. The number of hydrogen-bond acceptors (Lipinski definition) is 6. The number of aromatic nitrogens is 5. The molecule has 8 nitrogen and oxygen atoms in total. The smallest absolute Gasteiger partial charge is 0.244 e. The van der Waals surface area contributed by atoms with Crippen molar-refractivity contribution in [2.75, 3.05) is 31.1 Å². The summed E-state index contributed by atoms with van der Waals surface area (Å²) in [6.45, 7) is 7.15. The Bertz CT molecular complexity index is 1170. The second kappa shape index (κ2) is 7.56. The van der Waals surface area contributed by atoms with E-state index in [1.165, 1.54) is 0 Å². The summed E-state index contributed by atoms with van der Waals surface area (Å²) in [6.07, 6.45) is 0. The molecule has 1 aliphatic heterocycles. The highest BCUT2D eigenvalue weighted by Crippen LogP contribution is 2.33. The molecule has 0 saturated carbocycles. The number of H-pyrrole nitrogens is 1. The van der Waals surface area contributed by atoms with Crippen molar-refractivity contribution in [1.82, 2.24) is 29.6 Å². The highest BCUT2D eigenvalue weighted by molar-refractivity contribution is 7.14. The van der Waals surface area contributed by atoms with Crippen LogP contribution < -0.4 is 4.90 Å². The van der Waals surface area contributed by atoms with E-state index >= 15 is 0 Å². The van der Waals surface area contributed by atoms with Crippen LogP contribution in [0.1, 0.15) is 11.4 Å². The Morgan fingerprint density at radius 2 is 1.97 bits per heavy atom. The molecule has 9 heteroatoms. The van der Waals surface area contributed by atoms with Crippen LogP contribution in [0.3, 0.4) is 0 Å². The van der Waals surface area contributed by atoms with Crippen LogP contribution in [0.15, 0.2) is 35.8 Å². The fraction of sp³-hybridized carbons (Fsp3) is 0.333. The number of thiazole rings is 1. The van der Waals surface area contributed by atoms with E-state index in [-0.39, 0.29) is 5.91 Å². The number of nitrogens with one attached hydrogen (secondary N) is 1. The van der Waals surface area contributed by atoms with Crippen LogP contribution in [0, 0.1) is 13.8 Å². The van der Waals surface area contributed by atoms with Crippen molar-refractivity contribution >= 4 is 33.3 Å². The Morgan fingerprint density at radius 3 is 2.70 bits per heavy atom. The van der Waals surface area contributed by atoms with Crippen LogP contribution in [0.2, 0.25) is 0 Å². The third-order valence-corrected chi connectivity index (χ3v) is 6.36. The number of aryl methyl sites for hydroxylation is 2. The quantitative estimate of drug-likeness (QED) is 0.548. The van der Waals surface area contributed by atoms with Crippen LogP contribution in [-0.2, 0) is 11.3 Å². The molecule has 0 bridgehead atoms. The third kappa shape index (κ3) is 3.45. The predicted molar refractivity (Wildman–Crippen MR) is 118 cm³/mol. The summed E-state index contributed by atoms with van der Waals surface area (Å²) in [5, 5.41) is 5.50. The number of piperazine rings is 1. The molecule has 0 unspecified atom stereocenters. The predicted octanol–water partition coefficient (Wildman–Crippen LogP) is 2.85. The maximum absolute atomic E-state index is 12.7. The zero-order chi connectivity index (χ0) is 20.7. The number of anilines is 1. The van der Waals surface area contributed by atoms with E-state index in [0.717, 1.165) is 52.0 Å². The number of para-hydroxylation sites is 2. The number of imidazole rings is 1. The molecule has 4 aromatic rings. The molecule has 1 saturated heterocycles. The second-order valence-corrected chi connectivity index (χ2v) is 8.39. The zero-order valence-electron chi connectivity index (χ0n) is 17.0. The van der Waals surface area contributed by atoms with Crippen LogP contribution in [-0.4, -0.2) is 61.7 Å². The van der Waals surface area contributed by atoms with Crippen molar-refractivity contribution in [1.29, 1.82) is 0 Å². The van der Waals surface area contributed by atoms with Crippen LogP contribution in [0.25, 0.3) is 22.6 Å². The van der Waals surface area contributed by atoms with Gasteiger partial charge in [-0.05, 0) is 32.0 Å². The minimum absolute atomic E-state index is 0.114. The van der Waals surface area contributed by atoms with Gasteiger partial charge in [-0.2, -0.15) is 5.10 Å². The lowest BCUT2D eigenvalue weighted by Crippen LogP contribution is -2.49. The number of fused-ring (bicyclic) bond motifs is 1. The average Bonchev–Trinajstić information content (AvgIpc) is 3.46. The topological polar surface area (TPSA) is 82.9 Å². The van der Waals surface area contributed by atoms with E-state index in [4.69, 9.17) is 4.98 Å². The molecule has 3 aromatic heterocycles. The molecule has 30 heavy (non-hydrogen) atoms. The zero-order valence-corrected chi connectivity index (χ0v) is 17.8. The maximum atomic E-state index is 12.7. The lowest BCUT2D eigenvalue weighted by molar-refractivity contribution is -0.132. The van der Waals surface area contributed by atoms with Crippen LogP contribution >= 0.6 is 11.3 Å². The number of aromatic amines is 1. The molecular weight excluding hydrogens is 398 g/mol. The monoisotopic (exact) mass is 421 g/mol. The van der Waals surface area contributed by atoms with E-state index in [2.05, 4.69) is 20.0 Å². The highest BCUT2D eigenvalue weighted by atomic mass is 32.1. The Hall–Kier alpha value is -3.20. The van der Waals surface area contributed by atoms with Crippen LogP contribution in [0.4, 0.5) is 5.00 Å². The maximum Gasteiger partial charge on any atom is 0.244 e. The molecule has 4 heterocycles. The van der Waals surface area contributed by atoms with Crippen molar-refractivity contribution in [2.24, 2.45) is 0 Å². The van der Waals surface area contributed by atoms with Gasteiger partial charge in [-0.15, -0.1) is 11.3 Å². The Morgan fingerprint density at radius 1 is 1.17 bits per heavy atom. The van der Waals surface area contributed by atoms with Crippen molar-refractivity contribution in [3.63, 3.8) is 0 Å². The molecular formula is C21H23N7OS. The van der Waals surface area contributed by atoms with Crippen LogP contribution in [0.5, 0.6) is 0 Å². The Balaban J connectivity index is 1.28. The van der Waals surface area contributed by atoms with Crippen molar-refractivity contribution in [3.8, 4) is 11.5 Å². The standard InChI is InChI=1S/C21H23N7OS/c1-14-11-15(2)28(25-14)12-18(29)26-7-9-27(10-8-26)21-19(22-13-30-21)20-23-16-5-3-4-6-17(16)24-20/h3-6,11,13H,7-10,12H2,1-2H3,(H,23,24). The van der Waals surface area contributed by atoms with E-state index in [0.29, 0.717) is 19.6 Å². The SMILES string of the molecule is Cc1cc(C)n(CC(=O)N2CCN(c3scnc3-c3nc4ccccc4[nH]3)CC2)n1. The number of benzene rings is 1. The molecule has 154 valence electrons. The van der Waals surface area contributed by atoms with E-state index in [1.54, 1.807) is 16.0 Å². The minimum Gasteiger partial charge on any atom is -0.358 e. The summed E-state index contributed by atoms with van der Waals surface area (Å²) in [5.74, 6) is 0.901. The number of nitrogens with zero attached hydrogens (tertiary/aromatic N) is 6. The molecule has 1 aliphatic rings. The van der Waals surface area contributed by atoms with Crippen molar-refractivity contribution in [2.45, 2.75) is 20.4 Å². The van der Waals surface area contributed by atoms with E-state index in [9.17, 15) is 4.79 Å². The number of carbonyl (C=O) groups is 1. The summed E-state index contributed by atoms with van der Waals surface area (Å²) in [5.41, 5.74) is 6.63. The first-order valence-electron chi connectivity index (χ1n) is 10.0. The molecule has 0 radical (unpaired) electrons. The number of hydrogen-bond donors (Lipinski definition) is 1. The largest absolute Gasteiger partial charge is 0.358 e. The van der Waals surface area contributed by atoms with Gasteiger partial charge in [-0.25, -0.2) is 9.97 Å². The Kier molecular flexibility index (Phi) is 4.74. The summed E-state index contributed by atoms with van der Waals surface area (Å²) in [7, 11) is 0. The number of amides is 1. The molecule has 5 rings (SSSR count). The van der Waals surface area contributed by atoms with Gasteiger partial charge in [0.15, 0.2) is 5.82 Å². The van der Waals surface area contributed by atoms with E-state index < -0.39 is 0 Å². The second-order valence-electron chi connectivity index (χ2n) is 7.56. The van der Waals surface area contributed by atoms with Gasteiger partial charge in [-0.3, -0.25) is 9.48 Å². The van der Waals surface area contributed by atoms with Gasteiger partial charge in [0.25, 0.3) is 0 Å². The summed E-state index contributed by atoms with van der Waals surface area (Å²) < 4.78 is 1.78. The van der Waals surface area contributed by atoms with Gasteiger partial charge in [0, 0.05) is 31.9 Å². The molecule has 1 fully saturated rings. The van der Waals surface area contributed by atoms with Gasteiger partial charge < -0.3 is 14.8 Å². The normalized spacial score (nSPS) is 14.6. The lowest BCUT2D eigenvalue weighted by atomic mass is 10.3. The molecule has 0 aliphatic carbocycles. The summed E-state index contributed by atoms with van der Waals surface area (Å²) >= 11 is 1.62. The van der Waals surface area contributed by atoms with Crippen molar-refractivity contribution < 1.29 is 4.79 Å². The van der Waals surface area contributed by atoms with Gasteiger partial charge in [0.1, 0.15) is 17.2 Å². The Labute approximate surface area is 178 Å².